The highest BCUT2D eigenvalue weighted by Gasteiger charge is 2.42. The van der Waals surface area contributed by atoms with Gasteiger partial charge >= 0.3 is 0 Å². The van der Waals surface area contributed by atoms with E-state index < -0.39 is 0 Å². The van der Waals surface area contributed by atoms with Gasteiger partial charge < -0.3 is 9.64 Å². The minimum atomic E-state index is -0.254. The summed E-state index contributed by atoms with van der Waals surface area (Å²) in [5, 5.41) is 0. The molecule has 0 spiro atoms. The number of likely N-dealkylation sites (tertiary alicyclic amines) is 1. The van der Waals surface area contributed by atoms with Gasteiger partial charge in [0.15, 0.2) is 6.10 Å². The van der Waals surface area contributed by atoms with Crippen molar-refractivity contribution in [3.8, 4) is 0 Å². The predicted octanol–water partition coefficient (Wildman–Crippen LogP) is 1.43. The van der Waals surface area contributed by atoms with Crippen LogP contribution in [0.4, 0.5) is 0 Å². The number of hydrogen-bond acceptors (Lipinski definition) is 2. The average molecular weight is 205 g/mol. The number of hydrogen-bond donors (Lipinski definition) is 0. The first-order chi connectivity index (χ1) is 7.20. The molecule has 1 amide bonds. The monoisotopic (exact) mass is 205 g/mol. The summed E-state index contributed by atoms with van der Waals surface area (Å²) in [6.07, 6.45) is -0.254. The molecule has 1 aliphatic rings. The van der Waals surface area contributed by atoms with E-state index in [2.05, 4.69) is 0 Å². The second-order valence-corrected chi connectivity index (χ2v) is 3.91. The number of nitrogens with zero attached hydrogens (tertiary/aromatic N) is 1. The Kier molecular flexibility index (Phi) is 2.73. The average Bonchev–Trinajstić information content (AvgIpc) is 2.30. The van der Waals surface area contributed by atoms with Gasteiger partial charge in [0, 0.05) is 7.05 Å². The van der Waals surface area contributed by atoms with E-state index in [0.717, 1.165) is 5.56 Å². The van der Waals surface area contributed by atoms with Crippen LogP contribution in [0.25, 0.3) is 0 Å². The van der Waals surface area contributed by atoms with Crippen molar-refractivity contribution in [1.29, 1.82) is 0 Å². The van der Waals surface area contributed by atoms with E-state index in [1.165, 1.54) is 0 Å². The molecular weight excluding hydrogens is 190 g/mol. The van der Waals surface area contributed by atoms with Crippen LogP contribution in [0.3, 0.4) is 0 Å². The predicted molar refractivity (Wildman–Crippen MR) is 57.3 cm³/mol. The van der Waals surface area contributed by atoms with E-state index in [9.17, 15) is 4.79 Å². The van der Waals surface area contributed by atoms with E-state index in [-0.39, 0.29) is 18.1 Å². The van der Waals surface area contributed by atoms with E-state index in [1.54, 1.807) is 11.9 Å². The van der Waals surface area contributed by atoms with Crippen molar-refractivity contribution >= 4 is 5.91 Å². The van der Waals surface area contributed by atoms with Crippen LogP contribution in [0, 0.1) is 0 Å². The molecule has 1 aliphatic heterocycles. The lowest BCUT2D eigenvalue weighted by atomic mass is 10.0. The zero-order chi connectivity index (χ0) is 10.8. The highest BCUT2D eigenvalue weighted by Crippen LogP contribution is 2.21. The fourth-order valence-electron chi connectivity index (χ4n) is 1.70. The number of ether oxygens (including phenoxy) is 1. The number of carbonyl (C=O) groups is 1. The summed E-state index contributed by atoms with van der Waals surface area (Å²) < 4.78 is 5.57. The van der Waals surface area contributed by atoms with Crippen molar-refractivity contribution in [3.63, 3.8) is 0 Å². The highest BCUT2D eigenvalue weighted by atomic mass is 16.5. The van der Waals surface area contributed by atoms with Crippen molar-refractivity contribution in [2.24, 2.45) is 0 Å². The van der Waals surface area contributed by atoms with Gasteiger partial charge in [0.25, 0.3) is 5.91 Å². The van der Waals surface area contributed by atoms with Gasteiger partial charge in [-0.2, -0.15) is 0 Å². The summed E-state index contributed by atoms with van der Waals surface area (Å²) in [7, 11) is 1.80. The van der Waals surface area contributed by atoms with E-state index in [0.29, 0.717) is 6.61 Å². The number of rotatable bonds is 3. The molecule has 0 bridgehead atoms. The Morgan fingerprint density at radius 2 is 2.00 bits per heavy atom. The lowest BCUT2D eigenvalue weighted by Gasteiger charge is -2.42. The SMILES string of the molecule is CC1C(OCc2ccccc2)C(=O)N1C. The van der Waals surface area contributed by atoms with Gasteiger partial charge in [-0.05, 0) is 12.5 Å². The Hall–Kier alpha value is -1.35. The third-order valence-corrected chi connectivity index (χ3v) is 2.91. The molecule has 2 unspecified atom stereocenters. The number of likely N-dealkylation sites (N-methyl/N-ethyl adjacent to an activating group) is 1. The van der Waals surface area contributed by atoms with Gasteiger partial charge in [-0.25, -0.2) is 0 Å². The summed E-state index contributed by atoms with van der Waals surface area (Å²) in [4.78, 5) is 13.1. The fourth-order valence-corrected chi connectivity index (χ4v) is 1.70. The van der Waals surface area contributed by atoms with Crippen molar-refractivity contribution in [2.75, 3.05) is 7.05 Å². The Labute approximate surface area is 89.7 Å². The normalized spacial score (nSPS) is 25.2. The Bertz CT molecular complexity index is 350. The molecule has 0 aromatic heterocycles. The number of β-lactam (4-membered cyclic amide) rings is 1. The Morgan fingerprint density at radius 1 is 1.33 bits per heavy atom. The molecule has 2 rings (SSSR count). The second kappa shape index (κ2) is 4.03. The third-order valence-electron chi connectivity index (χ3n) is 2.91. The molecule has 1 fully saturated rings. The van der Waals surface area contributed by atoms with E-state index in [4.69, 9.17) is 4.74 Å². The number of carbonyl (C=O) groups excluding carboxylic acids is 1. The largest absolute Gasteiger partial charge is 0.362 e. The molecule has 3 heteroatoms. The Morgan fingerprint density at radius 3 is 2.60 bits per heavy atom. The first-order valence-corrected chi connectivity index (χ1v) is 5.12. The standard InChI is InChI=1S/C12H15NO2/c1-9-11(12(14)13(9)2)15-8-10-6-4-3-5-7-10/h3-7,9,11H,8H2,1-2H3. The van der Waals surface area contributed by atoms with Gasteiger partial charge in [-0.15, -0.1) is 0 Å². The van der Waals surface area contributed by atoms with Crippen molar-refractivity contribution in [1.82, 2.24) is 4.90 Å². The molecule has 15 heavy (non-hydrogen) atoms. The maximum atomic E-state index is 11.4. The highest BCUT2D eigenvalue weighted by molar-refractivity contribution is 5.87. The number of benzene rings is 1. The summed E-state index contributed by atoms with van der Waals surface area (Å²) in [6, 6.07) is 10.1. The van der Waals surface area contributed by atoms with Crippen molar-refractivity contribution in [3.05, 3.63) is 35.9 Å². The van der Waals surface area contributed by atoms with Gasteiger partial charge in [0.2, 0.25) is 0 Å². The summed E-state index contributed by atoms with van der Waals surface area (Å²) in [5.41, 5.74) is 1.10. The van der Waals surface area contributed by atoms with Crippen LogP contribution in [-0.4, -0.2) is 30.0 Å². The van der Waals surface area contributed by atoms with Crippen LogP contribution in [-0.2, 0) is 16.1 Å². The molecule has 2 atom stereocenters. The van der Waals surface area contributed by atoms with Crippen molar-refractivity contribution < 1.29 is 9.53 Å². The molecular formula is C12H15NO2. The molecule has 1 aromatic rings. The first-order valence-electron chi connectivity index (χ1n) is 5.12. The van der Waals surface area contributed by atoms with Gasteiger partial charge in [0.1, 0.15) is 0 Å². The quantitative estimate of drug-likeness (QED) is 0.699. The zero-order valence-electron chi connectivity index (χ0n) is 9.01. The molecule has 0 saturated carbocycles. The maximum Gasteiger partial charge on any atom is 0.253 e. The van der Waals surface area contributed by atoms with Crippen LogP contribution < -0.4 is 0 Å². The zero-order valence-corrected chi connectivity index (χ0v) is 9.01. The molecule has 0 aliphatic carbocycles. The van der Waals surface area contributed by atoms with Crippen LogP contribution in [0.2, 0.25) is 0 Å². The van der Waals surface area contributed by atoms with E-state index >= 15 is 0 Å². The molecule has 1 aromatic carbocycles. The minimum absolute atomic E-state index is 0.0819. The van der Waals surface area contributed by atoms with Crippen LogP contribution >= 0.6 is 0 Å². The first kappa shape index (κ1) is 10.2. The smallest absolute Gasteiger partial charge is 0.253 e. The van der Waals surface area contributed by atoms with Crippen LogP contribution in [0.5, 0.6) is 0 Å². The third kappa shape index (κ3) is 1.88. The van der Waals surface area contributed by atoms with Crippen LogP contribution in [0.1, 0.15) is 12.5 Å². The second-order valence-electron chi connectivity index (χ2n) is 3.91. The van der Waals surface area contributed by atoms with Gasteiger partial charge in [-0.3, -0.25) is 4.79 Å². The van der Waals surface area contributed by atoms with Crippen LogP contribution in [0.15, 0.2) is 30.3 Å². The van der Waals surface area contributed by atoms with Gasteiger partial charge in [0.05, 0.1) is 12.6 Å². The molecule has 1 heterocycles. The molecule has 1 saturated heterocycles. The number of amides is 1. The minimum Gasteiger partial charge on any atom is -0.362 e. The molecule has 80 valence electrons. The lowest BCUT2D eigenvalue weighted by molar-refractivity contribution is -0.170. The molecule has 0 radical (unpaired) electrons. The maximum absolute atomic E-state index is 11.4. The fraction of sp³-hybridized carbons (Fsp3) is 0.417. The summed E-state index contributed by atoms with van der Waals surface area (Å²) >= 11 is 0. The Balaban J connectivity index is 1.87. The van der Waals surface area contributed by atoms with Gasteiger partial charge in [-0.1, -0.05) is 30.3 Å². The topological polar surface area (TPSA) is 29.5 Å². The lowest BCUT2D eigenvalue weighted by Crippen LogP contribution is -2.62. The summed E-state index contributed by atoms with van der Waals surface area (Å²) in [5.74, 6) is 0.0819. The molecule has 3 nitrogen and oxygen atoms in total. The van der Waals surface area contributed by atoms with E-state index in [1.807, 2.05) is 37.3 Å². The molecule has 0 N–H and O–H groups in total. The summed E-state index contributed by atoms with van der Waals surface area (Å²) in [6.45, 7) is 2.51. The van der Waals surface area contributed by atoms with Crippen molar-refractivity contribution in [2.45, 2.75) is 25.7 Å².